The molecule has 110 valence electrons. The molecule has 6 nitrogen and oxygen atoms in total. The minimum absolute atomic E-state index is 0.0756. The van der Waals surface area contributed by atoms with Crippen LogP contribution in [0, 0.1) is 5.95 Å². The molecular weight excluding hydrogens is 275 g/mol. The maximum absolute atomic E-state index is 13.0. The van der Waals surface area contributed by atoms with Gasteiger partial charge in [-0.2, -0.15) is 9.37 Å². The van der Waals surface area contributed by atoms with Gasteiger partial charge < -0.3 is 14.2 Å². The van der Waals surface area contributed by atoms with Gasteiger partial charge in [-0.15, -0.1) is 0 Å². The first-order valence-electron chi connectivity index (χ1n) is 6.68. The molecule has 1 fully saturated rings. The molecule has 1 atom stereocenters. The van der Waals surface area contributed by atoms with Gasteiger partial charge in [-0.1, -0.05) is 6.07 Å². The van der Waals surface area contributed by atoms with Gasteiger partial charge in [0, 0.05) is 26.1 Å². The highest BCUT2D eigenvalue weighted by Crippen LogP contribution is 2.18. The van der Waals surface area contributed by atoms with E-state index in [1.165, 1.54) is 6.07 Å². The summed E-state index contributed by atoms with van der Waals surface area (Å²) in [7, 11) is 1.78. The number of halogens is 1. The van der Waals surface area contributed by atoms with Crippen molar-refractivity contribution in [1.29, 1.82) is 0 Å². The maximum atomic E-state index is 13.0. The van der Waals surface area contributed by atoms with Gasteiger partial charge in [0.25, 0.3) is 5.91 Å². The number of ether oxygens (including phenoxy) is 1. The van der Waals surface area contributed by atoms with Crippen LogP contribution in [0.5, 0.6) is 5.88 Å². The van der Waals surface area contributed by atoms with Crippen molar-refractivity contribution in [3.05, 3.63) is 42.4 Å². The van der Waals surface area contributed by atoms with Crippen LogP contribution in [-0.4, -0.2) is 44.5 Å². The van der Waals surface area contributed by atoms with Crippen LogP contribution >= 0.6 is 0 Å². The Hall–Kier alpha value is -2.44. The van der Waals surface area contributed by atoms with Crippen LogP contribution in [0.4, 0.5) is 4.39 Å². The van der Waals surface area contributed by atoms with E-state index in [2.05, 4.69) is 9.97 Å². The SMILES string of the molecule is Cn1cncc1C(=O)N1CCC(Oc2cccc(F)n2)C1. The Balaban J connectivity index is 1.63. The zero-order chi connectivity index (χ0) is 14.8. The van der Waals surface area contributed by atoms with E-state index in [0.717, 1.165) is 0 Å². The largest absolute Gasteiger partial charge is 0.472 e. The van der Waals surface area contributed by atoms with E-state index in [9.17, 15) is 9.18 Å². The average Bonchev–Trinajstić information content (AvgIpc) is 3.07. The Kier molecular flexibility index (Phi) is 3.55. The second kappa shape index (κ2) is 5.51. The van der Waals surface area contributed by atoms with E-state index in [1.807, 2.05) is 0 Å². The van der Waals surface area contributed by atoms with Crippen molar-refractivity contribution in [3.63, 3.8) is 0 Å². The molecule has 0 spiro atoms. The van der Waals surface area contributed by atoms with Crippen LogP contribution in [0.3, 0.4) is 0 Å². The molecule has 3 rings (SSSR count). The Labute approximate surface area is 121 Å². The predicted octanol–water partition coefficient (Wildman–Crippen LogP) is 1.25. The van der Waals surface area contributed by atoms with Crippen LogP contribution < -0.4 is 4.74 Å². The van der Waals surface area contributed by atoms with E-state index in [0.29, 0.717) is 25.2 Å². The van der Waals surface area contributed by atoms with Crippen molar-refractivity contribution < 1.29 is 13.9 Å². The van der Waals surface area contributed by atoms with Gasteiger partial charge in [0.2, 0.25) is 11.8 Å². The first-order valence-corrected chi connectivity index (χ1v) is 6.68. The second-order valence-electron chi connectivity index (χ2n) is 4.97. The summed E-state index contributed by atoms with van der Waals surface area (Å²) >= 11 is 0. The minimum Gasteiger partial charge on any atom is -0.472 e. The summed E-state index contributed by atoms with van der Waals surface area (Å²) in [6, 6.07) is 4.42. The Morgan fingerprint density at radius 3 is 3.05 bits per heavy atom. The van der Waals surface area contributed by atoms with Crippen molar-refractivity contribution in [2.45, 2.75) is 12.5 Å². The number of carbonyl (C=O) groups excluding carboxylic acids is 1. The molecule has 3 heterocycles. The molecule has 7 heteroatoms. The Morgan fingerprint density at radius 2 is 2.33 bits per heavy atom. The molecule has 0 saturated carbocycles. The molecule has 0 N–H and O–H groups in total. The van der Waals surface area contributed by atoms with E-state index in [-0.39, 0.29) is 17.9 Å². The lowest BCUT2D eigenvalue weighted by molar-refractivity contribution is 0.0761. The van der Waals surface area contributed by atoms with Crippen LogP contribution in [0.15, 0.2) is 30.7 Å². The number of likely N-dealkylation sites (tertiary alicyclic amines) is 1. The molecule has 2 aromatic heterocycles. The molecule has 0 radical (unpaired) electrons. The van der Waals surface area contributed by atoms with Crippen molar-refractivity contribution in [2.24, 2.45) is 7.05 Å². The Bertz CT molecular complexity index is 658. The van der Waals surface area contributed by atoms with Gasteiger partial charge in [0.05, 0.1) is 19.1 Å². The second-order valence-corrected chi connectivity index (χ2v) is 4.97. The first kappa shape index (κ1) is 13.5. The zero-order valence-corrected chi connectivity index (χ0v) is 11.6. The average molecular weight is 290 g/mol. The summed E-state index contributed by atoms with van der Waals surface area (Å²) in [5.74, 6) is -0.406. The van der Waals surface area contributed by atoms with Crippen molar-refractivity contribution in [1.82, 2.24) is 19.4 Å². The lowest BCUT2D eigenvalue weighted by Crippen LogP contribution is -2.32. The summed E-state index contributed by atoms with van der Waals surface area (Å²) < 4.78 is 20.3. The molecule has 1 aliphatic rings. The van der Waals surface area contributed by atoms with Gasteiger partial charge >= 0.3 is 0 Å². The summed E-state index contributed by atoms with van der Waals surface area (Å²) in [6.07, 6.45) is 3.66. The van der Waals surface area contributed by atoms with E-state index < -0.39 is 5.95 Å². The van der Waals surface area contributed by atoms with Crippen LogP contribution in [0.2, 0.25) is 0 Å². The highest BCUT2D eigenvalue weighted by Gasteiger charge is 2.29. The summed E-state index contributed by atoms with van der Waals surface area (Å²) in [4.78, 5) is 21.6. The topological polar surface area (TPSA) is 60.2 Å². The van der Waals surface area contributed by atoms with Crippen LogP contribution in [0.1, 0.15) is 16.9 Å². The third-order valence-electron chi connectivity index (χ3n) is 3.44. The van der Waals surface area contributed by atoms with Gasteiger partial charge in [-0.3, -0.25) is 4.79 Å². The molecule has 0 aliphatic carbocycles. The quantitative estimate of drug-likeness (QED) is 0.798. The first-order chi connectivity index (χ1) is 10.1. The number of nitrogens with zero attached hydrogens (tertiary/aromatic N) is 4. The fourth-order valence-electron chi connectivity index (χ4n) is 2.36. The monoisotopic (exact) mass is 290 g/mol. The number of aromatic nitrogens is 3. The molecule has 1 amide bonds. The number of aryl methyl sites for hydroxylation is 1. The normalized spacial score (nSPS) is 18.0. The molecule has 1 aliphatic heterocycles. The van der Waals surface area contributed by atoms with Gasteiger partial charge in [-0.25, -0.2) is 4.98 Å². The third kappa shape index (κ3) is 2.86. The number of carbonyl (C=O) groups is 1. The molecule has 1 unspecified atom stereocenters. The minimum atomic E-state index is -0.576. The number of rotatable bonds is 3. The summed E-state index contributed by atoms with van der Waals surface area (Å²) in [6.45, 7) is 1.06. The van der Waals surface area contributed by atoms with Crippen molar-refractivity contribution >= 4 is 5.91 Å². The van der Waals surface area contributed by atoms with Gasteiger partial charge in [-0.05, 0) is 6.07 Å². The predicted molar refractivity (Wildman–Crippen MR) is 72.3 cm³/mol. The summed E-state index contributed by atoms with van der Waals surface area (Å²) in [5.41, 5.74) is 0.541. The third-order valence-corrected chi connectivity index (χ3v) is 3.44. The molecule has 1 saturated heterocycles. The van der Waals surface area contributed by atoms with Crippen LogP contribution in [0.25, 0.3) is 0 Å². The van der Waals surface area contributed by atoms with Crippen molar-refractivity contribution in [3.8, 4) is 5.88 Å². The number of amides is 1. The van der Waals surface area contributed by atoms with E-state index in [4.69, 9.17) is 4.74 Å². The summed E-state index contributed by atoms with van der Waals surface area (Å²) in [5, 5.41) is 0. The standard InChI is InChI=1S/C14H15FN4O2/c1-18-9-16-7-11(18)14(20)19-6-5-10(8-19)21-13-4-2-3-12(15)17-13/h2-4,7,9-10H,5-6,8H2,1H3. The number of pyridine rings is 1. The molecule has 0 aromatic carbocycles. The fourth-order valence-corrected chi connectivity index (χ4v) is 2.36. The van der Waals surface area contributed by atoms with Crippen LogP contribution in [-0.2, 0) is 7.05 Å². The molecular formula is C14H15FN4O2. The molecule has 0 bridgehead atoms. The Morgan fingerprint density at radius 1 is 1.48 bits per heavy atom. The highest BCUT2D eigenvalue weighted by atomic mass is 19.1. The molecule has 2 aromatic rings. The highest BCUT2D eigenvalue weighted by molar-refractivity contribution is 5.92. The van der Waals surface area contributed by atoms with Gasteiger partial charge in [0.1, 0.15) is 11.8 Å². The smallest absolute Gasteiger partial charge is 0.272 e. The lowest BCUT2D eigenvalue weighted by Gasteiger charge is -2.17. The molecule has 21 heavy (non-hydrogen) atoms. The van der Waals surface area contributed by atoms with Gasteiger partial charge in [0.15, 0.2) is 0 Å². The lowest BCUT2D eigenvalue weighted by atomic mass is 10.3. The zero-order valence-electron chi connectivity index (χ0n) is 11.6. The number of imidazole rings is 1. The van der Waals surface area contributed by atoms with E-state index >= 15 is 0 Å². The number of hydrogen-bond acceptors (Lipinski definition) is 4. The number of hydrogen-bond donors (Lipinski definition) is 0. The maximum Gasteiger partial charge on any atom is 0.272 e. The van der Waals surface area contributed by atoms with Crippen molar-refractivity contribution in [2.75, 3.05) is 13.1 Å². The van der Waals surface area contributed by atoms with E-state index in [1.54, 1.807) is 41.2 Å². The fraction of sp³-hybridized carbons (Fsp3) is 0.357.